The Bertz CT molecular complexity index is 571. The maximum Gasteiger partial charge on any atom is 0.146 e. The fraction of sp³-hybridized carbons (Fsp3) is 0.333. The summed E-state index contributed by atoms with van der Waals surface area (Å²) in [6, 6.07) is 9.22. The van der Waals surface area contributed by atoms with Crippen LogP contribution in [-0.4, -0.2) is 13.6 Å². The number of benzene rings is 1. The third-order valence-electron chi connectivity index (χ3n) is 3.02. The normalized spacial score (nSPS) is 10.8. The molecule has 0 bridgehead atoms. The zero-order valence-corrected chi connectivity index (χ0v) is 13.2. The molecule has 1 heterocycles. The average molecular weight is 313 g/mol. The van der Waals surface area contributed by atoms with Crippen LogP contribution >= 0.6 is 22.9 Å². The van der Waals surface area contributed by atoms with Gasteiger partial charge < -0.3 is 10.2 Å². The largest absolute Gasteiger partial charge is 0.367 e. The minimum Gasteiger partial charge on any atom is -0.367 e. The maximum absolute atomic E-state index is 14.1. The Kier molecular flexibility index (Phi) is 5.40. The lowest BCUT2D eigenvalue weighted by molar-refractivity contribution is 0.617. The van der Waals surface area contributed by atoms with Crippen LogP contribution < -0.4 is 10.2 Å². The smallest absolute Gasteiger partial charge is 0.146 e. The van der Waals surface area contributed by atoms with E-state index in [1.54, 1.807) is 6.07 Å². The van der Waals surface area contributed by atoms with Crippen molar-refractivity contribution in [1.29, 1.82) is 0 Å². The molecule has 0 aliphatic heterocycles. The number of hydrogen-bond acceptors (Lipinski definition) is 3. The van der Waals surface area contributed by atoms with Crippen molar-refractivity contribution in [3.8, 4) is 0 Å². The van der Waals surface area contributed by atoms with Gasteiger partial charge in [0.05, 0.1) is 16.6 Å². The van der Waals surface area contributed by atoms with Crippen LogP contribution in [0.5, 0.6) is 0 Å². The fourth-order valence-electron chi connectivity index (χ4n) is 1.99. The van der Waals surface area contributed by atoms with Gasteiger partial charge in [-0.2, -0.15) is 0 Å². The number of nitrogens with one attached hydrogen (secondary N) is 1. The maximum atomic E-state index is 14.1. The van der Waals surface area contributed by atoms with Crippen LogP contribution in [0.1, 0.15) is 17.4 Å². The van der Waals surface area contributed by atoms with Crippen molar-refractivity contribution in [2.45, 2.75) is 20.0 Å². The lowest BCUT2D eigenvalue weighted by Crippen LogP contribution is -2.17. The van der Waals surface area contributed by atoms with Crippen LogP contribution in [0.2, 0.25) is 4.34 Å². The van der Waals surface area contributed by atoms with Crippen molar-refractivity contribution in [3.63, 3.8) is 0 Å². The minimum atomic E-state index is -0.189. The summed E-state index contributed by atoms with van der Waals surface area (Å²) in [6.07, 6.45) is 0. The van der Waals surface area contributed by atoms with Gasteiger partial charge in [-0.25, -0.2) is 4.39 Å². The summed E-state index contributed by atoms with van der Waals surface area (Å²) in [7, 11) is 1.88. The van der Waals surface area contributed by atoms with Gasteiger partial charge in [-0.3, -0.25) is 0 Å². The molecule has 0 aliphatic carbocycles. The Labute approximate surface area is 128 Å². The van der Waals surface area contributed by atoms with Crippen molar-refractivity contribution >= 4 is 28.6 Å². The van der Waals surface area contributed by atoms with E-state index in [4.69, 9.17) is 11.6 Å². The fourth-order valence-corrected chi connectivity index (χ4v) is 3.14. The summed E-state index contributed by atoms with van der Waals surface area (Å²) in [5, 5.41) is 3.19. The third kappa shape index (κ3) is 3.95. The van der Waals surface area contributed by atoms with E-state index in [1.807, 2.05) is 43.1 Å². The summed E-state index contributed by atoms with van der Waals surface area (Å²) in [4.78, 5) is 3.02. The van der Waals surface area contributed by atoms with Crippen LogP contribution in [0, 0.1) is 5.82 Å². The topological polar surface area (TPSA) is 15.3 Å². The number of thiophene rings is 1. The van der Waals surface area contributed by atoms with Crippen molar-refractivity contribution in [2.75, 3.05) is 18.5 Å². The van der Waals surface area contributed by atoms with Gasteiger partial charge in [0.1, 0.15) is 5.82 Å². The first kappa shape index (κ1) is 15.3. The highest BCUT2D eigenvalue weighted by molar-refractivity contribution is 7.16. The molecule has 1 aromatic carbocycles. The zero-order chi connectivity index (χ0) is 14.5. The Morgan fingerprint density at radius 3 is 2.70 bits per heavy atom. The van der Waals surface area contributed by atoms with Gasteiger partial charge in [-0.05, 0) is 36.4 Å². The molecule has 1 aromatic heterocycles. The molecule has 0 spiro atoms. The molecule has 108 valence electrons. The van der Waals surface area contributed by atoms with Gasteiger partial charge in [0.2, 0.25) is 0 Å². The Balaban J connectivity index is 2.07. The van der Waals surface area contributed by atoms with E-state index in [9.17, 15) is 4.39 Å². The zero-order valence-electron chi connectivity index (χ0n) is 11.6. The standard InChI is InChI=1S/C15H18ClFN2S/c1-3-18-9-11-4-6-14(13(17)8-11)19(2)10-12-5-7-15(16)20-12/h4-8,18H,3,9-10H2,1-2H3. The first-order chi connectivity index (χ1) is 9.60. The number of halogens is 2. The summed E-state index contributed by atoms with van der Waals surface area (Å²) in [5.74, 6) is -0.189. The molecule has 5 heteroatoms. The van der Waals surface area contributed by atoms with Crippen LogP contribution in [0.4, 0.5) is 10.1 Å². The summed E-state index contributed by atoms with van der Waals surface area (Å²) in [6.45, 7) is 4.26. The molecule has 0 unspecified atom stereocenters. The van der Waals surface area contributed by atoms with E-state index in [-0.39, 0.29) is 5.82 Å². The van der Waals surface area contributed by atoms with Crippen molar-refractivity contribution in [1.82, 2.24) is 5.32 Å². The minimum absolute atomic E-state index is 0.189. The van der Waals surface area contributed by atoms with Gasteiger partial charge in [-0.1, -0.05) is 24.6 Å². The van der Waals surface area contributed by atoms with Crippen LogP contribution in [0.15, 0.2) is 30.3 Å². The molecule has 2 aromatic rings. The molecule has 0 saturated carbocycles. The summed E-state index contributed by atoms with van der Waals surface area (Å²) >= 11 is 7.43. The molecule has 2 rings (SSSR count). The second-order valence-corrected chi connectivity index (χ2v) is 6.43. The Morgan fingerprint density at radius 2 is 2.10 bits per heavy atom. The summed E-state index contributed by atoms with van der Waals surface area (Å²) in [5.41, 5.74) is 1.57. The predicted octanol–water partition coefficient (Wildman–Crippen LogP) is 4.29. The van der Waals surface area contributed by atoms with Gasteiger partial charge in [0.25, 0.3) is 0 Å². The SMILES string of the molecule is CCNCc1ccc(N(C)Cc2ccc(Cl)s2)c(F)c1. The van der Waals surface area contributed by atoms with Crippen molar-refractivity contribution in [2.24, 2.45) is 0 Å². The van der Waals surface area contributed by atoms with E-state index < -0.39 is 0 Å². The molecular weight excluding hydrogens is 295 g/mol. The molecule has 2 nitrogen and oxygen atoms in total. The van der Waals surface area contributed by atoms with E-state index in [0.717, 1.165) is 21.3 Å². The van der Waals surface area contributed by atoms with E-state index in [1.165, 1.54) is 11.3 Å². The van der Waals surface area contributed by atoms with E-state index in [2.05, 4.69) is 5.32 Å². The highest BCUT2D eigenvalue weighted by Gasteiger charge is 2.10. The monoisotopic (exact) mass is 312 g/mol. The number of anilines is 1. The molecule has 0 fully saturated rings. The highest BCUT2D eigenvalue weighted by atomic mass is 35.5. The Hall–Kier alpha value is -1.10. The van der Waals surface area contributed by atoms with Gasteiger partial charge in [0, 0.05) is 18.5 Å². The van der Waals surface area contributed by atoms with Gasteiger partial charge in [-0.15, -0.1) is 11.3 Å². The molecule has 0 radical (unpaired) electrons. The number of hydrogen-bond donors (Lipinski definition) is 1. The molecule has 0 amide bonds. The lowest BCUT2D eigenvalue weighted by atomic mass is 10.2. The van der Waals surface area contributed by atoms with Crippen LogP contribution in [0.3, 0.4) is 0 Å². The molecule has 0 atom stereocenters. The Morgan fingerprint density at radius 1 is 1.30 bits per heavy atom. The average Bonchev–Trinajstić information content (AvgIpc) is 2.81. The first-order valence-electron chi connectivity index (χ1n) is 6.54. The van der Waals surface area contributed by atoms with Crippen molar-refractivity contribution < 1.29 is 4.39 Å². The first-order valence-corrected chi connectivity index (χ1v) is 7.74. The molecule has 0 saturated heterocycles. The van der Waals surface area contributed by atoms with Crippen LogP contribution in [0.25, 0.3) is 0 Å². The molecule has 1 N–H and O–H groups in total. The number of rotatable bonds is 6. The van der Waals surface area contributed by atoms with Gasteiger partial charge >= 0.3 is 0 Å². The number of nitrogens with zero attached hydrogens (tertiary/aromatic N) is 1. The highest BCUT2D eigenvalue weighted by Crippen LogP contribution is 2.26. The third-order valence-corrected chi connectivity index (χ3v) is 4.24. The molecule has 20 heavy (non-hydrogen) atoms. The molecular formula is C15H18ClFN2S. The van der Waals surface area contributed by atoms with Crippen LogP contribution in [-0.2, 0) is 13.1 Å². The van der Waals surface area contributed by atoms with E-state index >= 15 is 0 Å². The van der Waals surface area contributed by atoms with Crippen molar-refractivity contribution in [3.05, 3.63) is 50.9 Å². The molecule has 0 aliphatic rings. The quantitative estimate of drug-likeness (QED) is 0.856. The lowest BCUT2D eigenvalue weighted by Gasteiger charge is -2.19. The predicted molar refractivity (Wildman–Crippen MR) is 85.2 cm³/mol. The second-order valence-electron chi connectivity index (χ2n) is 4.63. The summed E-state index contributed by atoms with van der Waals surface area (Å²) < 4.78 is 14.9. The van der Waals surface area contributed by atoms with E-state index in [0.29, 0.717) is 18.8 Å². The second kappa shape index (κ2) is 7.07. The van der Waals surface area contributed by atoms with Gasteiger partial charge in [0.15, 0.2) is 0 Å².